The third-order valence-corrected chi connectivity index (χ3v) is 4.47. The van der Waals surface area contributed by atoms with Crippen LogP contribution in [0.5, 0.6) is 0 Å². The predicted octanol–water partition coefficient (Wildman–Crippen LogP) is 0.271. The van der Waals surface area contributed by atoms with E-state index in [1.165, 1.54) is 4.63 Å². The summed E-state index contributed by atoms with van der Waals surface area (Å²) in [6.07, 6.45) is 5.07. The Morgan fingerprint density at radius 3 is 2.85 bits per heavy atom. The number of nitrogens with zero attached hydrogens (tertiary/aromatic N) is 6. The summed E-state index contributed by atoms with van der Waals surface area (Å²) in [5.74, 6) is -0.672. The highest BCUT2D eigenvalue weighted by Crippen LogP contribution is 2.22. The molecule has 10 nitrogen and oxygen atoms in total. The second kappa shape index (κ2) is 7.89. The average molecular weight is 359 g/mol. The molecule has 1 saturated heterocycles. The molecule has 1 atom stereocenters. The van der Waals surface area contributed by atoms with Crippen LogP contribution in [0.15, 0.2) is 24.3 Å². The van der Waals surface area contributed by atoms with E-state index in [0.717, 1.165) is 5.82 Å². The number of rotatable bonds is 6. The van der Waals surface area contributed by atoms with E-state index in [1.807, 2.05) is 13.0 Å². The lowest BCUT2D eigenvalue weighted by Crippen LogP contribution is -2.46. The number of hydrogen-bond donors (Lipinski definition) is 2. The first-order chi connectivity index (χ1) is 12.6. The minimum atomic E-state index is -1.02. The molecule has 10 heteroatoms. The maximum atomic E-state index is 12.4. The molecule has 0 radical (unpaired) electrons. The van der Waals surface area contributed by atoms with Crippen LogP contribution in [-0.4, -0.2) is 61.4 Å². The number of amides is 1. The van der Waals surface area contributed by atoms with Crippen molar-refractivity contribution in [2.24, 2.45) is 5.92 Å². The Labute approximate surface area is 149 Å². The lowest BCUT2D eigenvalue weighted by Gasteiger charge is -2.32. The number of hydrogen-bond acceptors (Lipinski definition) is 7. The quantitative estimate of drug-likeness (QED) is 0.704. The van der Waals surface area contributed by atoms with Crippen molar-refractivity contribution in [3.8, 4) is 0 Å². The first-order valence-corrected chi connectivity index (χ1v) is 8.53. The standard InChI is InChI=1S/C16H21N7O3/c1-2-3-4-12(16(25)26)17-15(24)11-7-9-22(10-8-11)14-6-5-13-18-20-21-23(13)19-14/h2-3,5-6,11-12H,4,7-10H2,1H3,(H,17,24)(H,25,26)/b3-2+. The normalized spacial score (nSPS) is 16.9. The molecule has 2 aromatic heterocycles. The van der Waals surface area contributed by atoms with Gasteiger partial charge in [0.1, 0.15) is 6.04 Å². The number of carboxylic acid groups (broad SMARTS) is 1. The number of tetrazole rings is 1. The minimum Gasteiger partial charge on any atom is -0.480 e. The predicted molar refractivity (Wildman–Crippen MR) is 92.5 cm³/mol. The van der Waals surface area contributed by atoms with Gasteiger partial charge >= 0.3 is 5.97 Å². The highest BCUT2D eigenvalue weighted by Gasteiger charge is 2.28. The molecule has 0 aliphatic carbocycles. The maximum absolute atomic E-state index is 12.4. The van der Waals surface area contributed by atoms with Gasteiger partial charge in [-0.25, -0.2) is 4.79 Å². The lowest BCUT2D eigenvalue weighted by molar-refractivity contribution is -0.142. The number of piperidine rings is 1. The number of fused-ring (bicyclic) bond motifs is 1. The molecule has 0 aromatic carbocycles. The number of aromatic nitrogens is 5. The molecule has 1 aliphatic heterocycles. The van der Waals surface area contributed by atoms with Crippen LogP contribution >= 0.6 is 0 Å². The third kappa shape index (κ3) is 3.95. The van der Waals surface area contributed by atoms with Crippen LogP contribution in [0.3, 0.4) is 0 Å². The molecule has 0 saturated carbocycles. The molecule has 1 aliphatic rings. The molecule has 3 heterocycles. The molecule has 2 aromatic rings. The van der Waals surface area contributed by atoms with Gasteiger partial charge in [0.2, 0.25) is 5.91 Å². The van der Waals surface area contributed by atoms with Gasteiger partial charge in [-0.15, -0.1) is 14.8 Å². The van der Waals surface area contributed by atoms with Gasteiger partial charge in [0.25, 0.3) is 0 Å². The smallest absolute Gasteiger partial charge is 0.326 e. The largest absolute Gasteiger partial charge is 0.480 e. The molecular formula is C16H21N7O3. The Morgan fingerprint density at radius 2 is 2.15 bits per heavy atom. The molecule has 1 fully saturated rings. The summed E-state index contributed by atoms with van der Waals surface area (Å²) in [5.41, 5.74) is 0.573. The summed E-state index contributed by atoms with van der Waals surface area (Å²) in [7, 11) is 0. The van der Waals surface area contributed by atoms with Gasteiger partial charge < -0.3 is 15.3 Å². The first kappa shape index (κ1) is 17.8. The zero-order chi connectivity index (χ0) is 18.5. The summed E-state index contributed by atoms with van der Waals surface area (Å²) in [4.78, 5) is 25.7. The molecule has 0 bridgehead atoms. The Kier molecular flexibility index (Phi) is 5.40. The number of aliphatic carboxylic acids is 1. The zero-order valence-electron chi connectivity index (χ0n) is 14.4. The third-order valence-electron chi connectivity index (χ3n) is 4.47. The van der Waals surface area contributed by atoms with Crippen LogP contribution in [-0.2, 0) is 9.59 Å². The second-order valence-electron chi connectivity index (χ2n) is 6.18. The lowest BCUT2D eigenvalue weighted by atomic mass is 9.95. The highest BCUT2D eigenvalue weighted by atomic mass is 16.4. The van der Waals surface area contributed by atoms with Crippen LogP contribution in [0.1, 0.15) is 26.2 Å². The minimum absolute atomic E-state index is 0.199. The fourth-order valence-corrected chi connectivity index (χ4v) is 2.96. The molecule has 138 valence electrons. The van der Waals surface area contributed by atoms with Crippen molar-refractivity contribution in [1.29, 1.82) is 0 Å². The second-order valence-corrected chi connectivity index (χ2v) is 6.18. The highest BCUT2D eigenvalue weighted by molar-refractivity contribution is 5.85. The van der Waals surface area contributed by atoms with Crippen molar-refractivity contribution in [2.45, 2.75) is 32.2 Å². The van der Waals surface area contributed by atoms with Gasteiger partial charge in [-0.2, -0.15) is 0 Å². The Morgan fingerprint density at radius 1 is 1.38 bits per heavy atom. The van der Waals surface area contributed by atoms with Gasteiger partial charge in [-0.05, 0) is 48.7 Å². The SMILES string of the molecule is C/C=C/CC(NC(=O)C1CCN(c2ccc3nnnn3n2)CC1)C(=O)O. The fourth-order valence-electron chi connectivity index (χ4n) is 2.96. The van der Waals surface area contributed by atoms with E-state index in [9.17, 15) is 14.7 Å². The van der Waals surface area contributed by atoms with Gasteiger partial charge in [0, 0.05) is 19.0 Å². The van der Waals surface area contributed by atoms with E-state index in [-0.39, 0.29) is 18.2 Å². The number of nitrogens with one attached hydrogen (secondary N) is 1. The number of carboxylic acids is 1. The molecular weight excluding hydrogens is 338 g/mol. The van der Waals surface area contributed by atoms with E-state index in [4.69, 9.17) is 0 Å². The Bertz CT molecular complexity index is 811. The van der Waals surface area contributed by atoms with Crippen LogP contribution in [0.25, 0.3) is 5.65 Å². The zero-order valence-corrected chi connectivity index (χ0v) is 14.4. The summed E-state index contributed by atoms with van der Waals surface area (Å²) in [5, 5.41) is 27.4. The van der Waals surface area contributed by atoms with Gasteiger partial charge in [0.15, 0.2) is 11.5 Å². The van der Waals surface area contributed by atoms with E-state index in [0.29, 0.717) is 31.6 Å². The Hall–Kier alpha value is -3.04. The van der Waals surface area contributed by atoms with Crippen molar-refractivity contribution >= 4 is 23.3 Å². The van der Waals surface area contributed by atoms with Crippen molar-refractivity contribution in [2.75, 3.05) is 18.0 Å². The fraction of sp³-hybridized carbons (Fsp3) is 0.500. The summed E-state index contributed by atoms with van der Waals surface area (Å²) < 4.78 is 1.37. The first-order valence-electron chi connectivity index (χ1n) is 8.53. The van der Waals surface area contributed by atoms with Crippen molar-refractivity contribution in [3.63, 3.8) is 0 Å². The number of carbonyl (C=O) groups excluding carboxylic acids is 1. The summed E-state index contributed by atoms with van der Waals surface area (Å²) in [6, 6.07) is 2.75. The van der Waals surface area contributed by atoms with Gasteiger partial charge in [0.05, 0.1) is 0 Å². The van der Waals surface area contributed by atoms with Crippen LogP contribution in [0, 0.1) is 5.92 Å². The topological polar surface area (TPSA) is 126 Å². The van der Waals surface area contributed by atoms with Crippen molar-refractivity contribution < 1.29 is 14.7 Å². The molecule has 2 N–H and O–H groups in total. The monoisotopic (exact) mass is 359 g/mol. The molecule has 3 rings (SSSR count). The number of anilines is 1. The van der Waals surface area contributed by atoms with E-state index in [1.54, 1.807) is 18.2 Å². The van der Waals surface area contributed by atoms with Crippen molar-refractivity contribution in [1.82, 2.24) is 30.6 Å². The van der Waals surface area contributed by atoms with Crippen molar-refractivity contribution in [3.05, 3.63) is 24.3 Å². The van der Waals surface area contributed by atoms with Crippen LogP contribution < -0.4 is 10.2 Å². The van der Waals surface area contributed by atoms with Gasteiger partial charge in [-0.3, -0.25) is 4.79 Å². The maximum Gasteiger partial charge on any atom is 0.326 e. The number of carbonyl (C=O) groups is 2. The number of allylic oxidation sites excluding steroid dienone is 1. The molecule has 26 heavy (non-hydrogen) atoms. The van der Waals surface area contributed by atoms with E-state index >= 15 is 0 Å². The Balaban J connectivity index is 1.57. The van der Waals surface area contributed by atoms with E-state index < -0.39 is 12.0 Å². The summed E-state index contributed by atoms with van der Waals surface area (Å²) in [6.45, 7) is 3.13. The average Bonchev–Trinajstić information content (AvgIpc) is 3.12. The van der Waals surface area contributed by atoms with Gasteiger partial charge in [-0.1, -0.05) is 12.2 Å². The van der Waals surface area contributed by atoms with E-state index in [2.05, 4.69) is 30.8 Å². The summed E-state index contributed by atoms with van der Waals surface area (Å²) >= 11 is 0. The van der Waals surface area contributed by atoms with Crippen LogP contribution in [0.4, 0.5) is 5.82 Å². The molecule has 1 unspecified atom stereocenters. The molecule has 1 amide bonds. The van der Waals surface area contributed by atoms with Crippen LogP contribution in [0.2, 0.25) is 0 Å². The molecule has 0 spiro atoms.